The standard InChI is InChI=1S/C21H24N4O2/c1-14-7-8-19(15(2)10-14)24-12-23(11-18-6-5-9-27-18)13-25-20(26)16(3)17(4)22-21(24)25/h5-10H,11-13H2,1-4H3. The van der Waals surface area contributed by atoms with Gasteiger partial charge in [-0.25, -0.2) is 4.98 Å². The van der Waals surface area contributed by atoms with Crippen LogP contribution in [0.15, 0.2) is 45.8 Å². The van der Waals surface area contributed by atoms with E-state index in [1.807, 2.05) is 26.0 Å². The summed E-state index contributed by atoms with van der Waals surface area (Å²) in [6, 6.07) is 10.2. The van der Waals surface area contributed by atoms with E-state index < -0.39 is 0 Å². The molecule has 0 atom stereocenters. The fourth-order valence-electron chi connectivity index (χ4n) is 3.60. The van der Waals surface area contributed by atoms with Gasteiger partial charge in [0, 0.05) is 16.9 Å². The van der Waals surface area contributed by atoms with E-state index in [-0.39, 0.29) is 5.56 Å². The zero-order valence-corrected chi connectivity index (χ0v) is 16.2. The fraction of sp³-hybridized carbons (Fsp3) is 0.333. The van der Waals surface area contributed by atoms with E-state index in [1.165, 1.54) is 5.56 Å². The molecule has 1 aliphatic heterocycles. The zero-order chi connectivity index (χ0) is 19.1. The molecule has 3 aromatic rings. The monoisotopic (exact) mass is 364 g/mol. The Morgan fingerprint density at radius 3 is 2.63 bits per heavy atom. The van der Waals surface area contributed by atoms with E-state index >= 15 is 0 Å². The molecule has 0 spiro atoms. The molecule has 27 heavy (non-hydrogen) atoms. The Labute approximate surface area is 158 Å². The molecular weight excluding hydrogens is 340 g/mol. The second kappa shape index (κ2) is 6.70. The number of rotatable bonds is 3. The molecule has 0 aliphatic carbocycles. The molecule has 6 heteroatoms. The van der Waals surface area contributed by atoms with Gasteiger partial charge in [-0.2, -0.15) is 0 Å². The van der Waals surface area contributed by atoms with E-state index in [9.17, 15) is 4.79 Å². The van der Waals surface area contributed by atoms with Crippen molar-refractivity contribution in [3.05, 3.63) is 75.1 Å². The van der Waals surface area contributed by atoms with E-state index in [2.05, 4.69) is 41.8 Å². The highest BCUT2D eigenvalue weighted by atomic mass is 16.3. The van der Waals surface area contributed by atoms with Gasteiger partial charge in [0.2, 0.25) is 5.95 Å². The quantitative estimate of drug-likeness (QED) is 0.710. The van der Waals surface area contributed by atoms with Crippen molar-refractivity contribution in [2.24, 2.45) is 0 Å². The second-order valence-electron chi connectivity index (χ2n) is 7.26. The van der Waals surface area contributed by atoms with Crippen LogP contribution in [0, 0.1) is 27.7 Å². The van der Waals surface area contributed by atoms with Crippen LogP contribution in [0.1, 0.15) is 28.1 Å². The van der Waals surface area contributed by atoms with Gasteiger partial charge in [0.25, 0.3) is 5.56 Å². The summed E-state index contributed by atoms with van der Waals surface area (Å²) in [5, 5.41) is 0. The molecule has 2 aromatic heterocycles. The fourth-order valence-corrected chi connectivity index (χ4v) is 3.60. The van der Waals surface area contributed by atoms with Crippen molar-refractivity contribution in [1.82, 2.24) is 14.5 Å². The largest absolute Gasteiger partial charge is 0.468 e. The molecular formula is C21H24N4O2. The van der Waals surface area contributed by atoms with Gasteiger partial charge in [-0.3, -0.25) is 19.2 Å². The highest BCUT2D eigenvalue weighted by Crippen LogP contribution is 2.31. The normalized spacial score (nSPS) is 14.4. The third-order valence-electron chi connectivity index (χ3n) is 5.14. The first-order valence-corrected chi connectivity index (χ1v) is 9.11. The van der Waals surface area contributed by atoms with Gasteiger partial charge in [0.05, 0.1) is 26.1 Å². The van der Waals surface area contributed by atoms with Crippen molar-refractivity contribution in [1.29, 1.82) is 0 Å². The van der Waals surface area contributed by atoms with Gasteiger partial charge in [-0.05, 0) is 51.5 Å². The van der Waals surface area contributed by atoms with Crippen LogP contribution < -0.4 is 10.5 Å². The third kappa shape index (κ3) is 3.17. The van der Waals surface area contributed by atoms with E-state index in [4.69, 9.17) is 9.40 Å². The molecule has 0 unspecified atom stereocenters. The van der Waals surface area contributed by atoms with Crippen LogP contribution in [0.5, 0.6) is 0 Å². The predicted octanol–water partition coefficient (Wildman–Crippen LogP) is 3.64. The molecule has 6 nitrogen and oxygen atoms in total. The average molecular weight is 364 g/mol. The first-order chi connectivity index (χ1) is 12.9. The molecule has 0 amide bonds. The molecule has 0 N–H and O–H groups in total. The lowest BCUT2D eigenvalue weighted by Gasteiger charge is -2.38. The minimum Gasteiger partial charge on any atom is -0.468 e. The lowest BCUT2D eigenvalue weighted by atomic mass is 10.1. The van der Waals surface area contributed by atoms with Gasteiger partial charge >= 0.3 is 0 Å². The molecule has 0 saturated heterocycles. The van der Waals surface area contributed by atoms with Crippen molar-refractivity contribution in [3.8, 4) is 0 Å². The number of anilines is 2. The van der Waals surface area contributed by atoms with Crippen LogP contribution in [0.25, 0.3) is 0 Å². The number of nitrogens with zero attached hydrogens (tertiary/aromatic N) is 4. The van der Waals surface area contributed by atoms with Crippen molar-refractivity contribution in [2.45, 2.75) is 40.9 Å². The van der Waals surface area contributed by atoms with E-state index in [1.54, 1.807) is 10.8 Å². The molecule has 0 saturated carbocycles. The summed E-state index contributed by atoms with van der Waals surface area (Å²) in [4.78, 5) is 22.0. The summed E-state index contributed by atoms with van der Waals surface area (Å²) in [6.45, 7) is 9.67. The lowest BCUT2D eigenvalue weighted by Crippen LogP contribution is -2.47. The van der Waals surface area contributed by atoms with Crippen LogP contribution in [0.4, 0.5) is 11.6 Å². The van der Waals surface area contributed by atoms with Crippen molar-refractivity contribution in [3.63, 3.8) is 0 Å². The number of benzene rings is 1. The van der Waals surface area contributed by atoms with Gasteiger partial charge in [-0.1, -0.05) is 17.7 Å². The minimum atomic E-state index is 0.0106. The Kier molecular flexibility index (Phi) is 4.36. The Morgan fingerprint density at radius 2 is 1.93 bits per heavy atom. The second-order valence-corrected chi connectivity index (χ2v) is 7.26. The van der Waals surface area contributed by atoms with Gasteiger partial charge in [0.1, 0.15) is 5.76 Å². The molecule has 4 rings (SSSR count). The smallest absolute Gasteiger partial charge is 0.259 e. The maximum atomic E-state index is 12.9. The molecule has 3 heterocycles. The molecule has 0 bridgehead atoms. The third-order valence-corrected chi connectivity index (χ3v) is 5.14. The molecule has 0 radical (unpaired) electrons. The van der Waals surface area contributed by atoms with Crippen LogP contribution in [-0.4, -0.2) is 21.1 Å². The number of hydrogen-bond donors (Lipinski definition) is 0. The highest BCUT2D eigenvalue weighted by molar-refractivity contribution is 5.63. The zero-order valence-electron chi connectivity index (χ0n) is 16.2. The Morgan fingerprint density at radius 1 is 1.11 bits per heavy atom. The molecule has 1 aromatic carbocycles. The first-order valence-electron chi connectivity index (χ1n) is 9.11. The first kappa shape index (κ1) is 17.5. The minimum absolute atomic E-state index is 0.0106. The number of aryl methyl sites for hydroxylation is 3. The average Bonchev–Trinajstić information content (AvgIpc) is 3.13. The number of hydrogen-bond acceptors (Lipinski definition) is 5. The number of furan rings is 1. The maximum Gasteiger partial charge on any atom is 0.259 e. The highest BCUT2D eigenvalue weighted by Gasteiger charge is 2.28. The summed E-state index contributed by atoms with van der Waals surface area (Å²) >= 11 is 0. The van der Waals surface area contributed by atoms with Crippen molar-refractivity contribution < 1.29 is 4.42 Å². The maximum absolute atomic E-state index is 12.9. The Bertz CT molecular complexity index is 1040. The summed E-state index contributed by atoms with van der Waals surface area (Å²) < 4.78 is 7.27. The molecule has 0 fully saturated rings. The van der Waals surface area contributed by atoms with Crippen LogP contribution in [-0.2, 0) is 13.2 Å². The summed E-state index contributed by atoms with van der Waals surface area (Å²) in [7, 11) is 0. The van der Waals surface area contributed by atoms with Gasteiger partial charge in [0.15, 0.2) is 0 Å². The summed E-state index contributed by atoms with van der Waals surface area (Å²) in [5.41, 5.74) is 4.92. The van der Waals surface area contributed by atoms with E-state index in [0.29, 0.717) is 31.4 Å². The van der Waals surface area contributed by atoms with Crippen molar-refractivity contribution >= 4 is 11.6 Å². The summed E-state index contributed by atoms with van der Waals surface area (Å²) in [5.74, 6) is 1.58. The lowest BCUT2D eigenvalue weighted by molar-refractivity contribution is 0.176. The topological polar surface area (TPSA) is 54.5 Å². The number of fused-ring (bicyclic) bond motifs is 1. The van der Waals surface area contributed by atoms with Crippen LogP contribution >= 0.6 is 0 Å². The van der Waals surface area contributed by atoms with Crippen LogP contribution in [0.3, 0.4) is 0 Å². The molecule has 1 aliphatic rings. The van der Waals surface area contributed by atoms with Gasteiger partial charge < -0.3 is 4.42 Å². The Hall–Kier alpha value is -2.86. The van der Waals surface area contributed by atoms with Crippen LogP contribution in [0.2, 0.25) is 0 Å². The van der Waals surface area contributed by atoms with Gasteiger partial charge in [-0.15, -0.1) is 0 Å². The summed E-state index contributed by atoms with van der Waals surface area (Å²) in [6.07, 6.45) is 1.68. The number of aromatic nitrogens is 2. The van der Waals surface area contributed by atoms with E-state index in [0.717, 1.165) is 22.7 Å². The molecule has 140 valence electrons. The van der Waals surface area contributed by atoms with Crippen molar-refractivity contribution in [2.75, 3.05) is 11.6 Å². The predicted molar refractivity (Wildman–Crippen MR) is 105 cm³/mol. The Balaban J connectivity index is 1.83. The SMILES string of the molecule is Cc1ccc(N2CN(Cc3ccco3)Cn3c2nc(C)c(C)c3=O)c(C)c1.